The topological polar surface area (TPSA) is 150 Å². The van der Waals surface area contributed by atoms with Crippen LogP contribution in [0.15, 0.2) is 24.3 Å². The van der Waals surface area contributed by atoms with Gasteiger partial charge in [0.25, 0.3) is 0 Å². The molecule has 1 rings (SSSR count). The van der Waals surface area contributed by atoms with Crippen molar-refractivity contribution in [2.75, 3.05) is 46.2 Å². The molecule has 0 radical (unpaired) electrons. The molecule has 0 aliphatic heterocycles. The van der Waals surface area contributed by atoms with E-state index >= 15 is 0 Å². The Balaban J connectivity index is 0. The van der Waals surface area contributed by atoms with Gasteiger partial charge >= 0.3 is 31.7 Å². The lowest BCUT2D eigenvalue weighted by molar-refractivity contribution is -0.144. The quantitative estimate of drug-likeness (QED) is 0.0265. The molecule has 0 fully saturated rings. The van der Waals surface area contributed by atoms with Crippen LogP contribution in [-0.2, 0) is 46.7 Å². The first-order chi connectivity index (χ1) is 33.6. The minimum atomic E-state index is -3.31. The first-order valence-corrected chi connectivity index (χ1v) is 29.3. The highest BCUT2D eigenvalue weighted by Crippen LogP contribution is 2.49. The SMILES string of the molecule is CCCCCCCCCOC(=O)CCCCCCCCC(=O)OCCCCCCCCC.CCCCOC(=O)c1ccccc1C(=O)OCCCC.CCCCOP(=O)(OCCCC)OCCCC. The molecule has 0 N–H and O–H groups in total. The Bertz CT molecular complexity index is 1260. The van der Waals surface area contributed by atoms with Crippen LogP contribution in [0.5, 0.6) is 0 Å². The van der Waals surface area contributed by atoms with E-state index < -0.39 is 19.8 Å². The second kappa shape index (κ2) is 53.0. The normalized spacial score (nSPS) is 10.9. The van der Waals surface area contributed by atoms with Crippen molar-refractivity contribution in [1.82, 2.24) is 0 Å². The summed E-state index contributed by atoms with van der Waals surface area (Å²) in [7, 11) is -3.31. The molecule has 0 aromatic heterocycles. The van der Waals surface area contributed by atoms with Crippen molar-refractivity contribution in [3.8, 4) is 0 Å². The van der Waals surface area contributed by atoms with Gasteiger partial charge < -0.3 is 18.9 Å². The molecule has 13 heteroatoms. The van der Waals surface area contributed by atoms with E-state index in [0.717, 1.165) is 116 Å². The second-order valence-corrected chi connectivity index (χ2v) is 19.5. The van der Waals surface area contributed by atoms with E-state index in [-0.39, 0.29) is 23.1 Å². The molecule has 0 heterocycles. The molecule has 0 atom stereocenters. The minimum Gasteiger partial charge on any atom is -0.466 e. The van der Waals surface area contributed by atoms with Crippen molar-refractivity contribution < 1.29 is 56.3 Å². The highest BCUT2D eigenvalue weighted by Gasteiger charge is 2.26. The molecule has 1 aromatic carbocycles. The average molecular weight is 999 g/mol. The van der Waals surface area contributed by atoms with Crippen LogP contribution in [-0.4, -0.2) is 70.1 Å². The van der Waals surface area contributed by atoms with Gasteiger partial charge in [-0.1, -0.05) is 195 Å². The van der Waals surface area contributed by atoms with Crippen LogP contribution in [0.2, 0.25) is 0 Å². The Morgan fingerprint density at radius 3 is 0.913 bits per heavy atom. The zero-order chi connectivity index (χ0) is 51.3. The fourth-order valence-electron chi connectivity index (χ4n) is 6.57. The third-order valence-electron chi connectivity index (χ3n) is 11.1. The largest absolute Gasteiger partial charge is 0.474 e. The molecule has 0 amide bonds. The first kappa shape index (κ1) is 68.3. The van der Waals surface area contributed by atoms with E-state index in [4.69, 9.17) is 32.5 Å². The molecule has 12 nitrogen and oxygen atoms in total. The van der Waals surface area contributed by atoms with Crippen molar-refractivity contribution in [3.05, 3.63) is 35.4 Å². The molecule has 1 aromatic rings. The van der Waals surface area contributed by atoms with Crippen LogP contribution in [0, 0.1) is 0 Å². The molecule has 69 heavy (non-hydrogen) atoms. The second-order valence-electron chi connectivity index (χ2n) is 17.8. The van der Waals surface area contributed by atoms with Gasteiger partial charge in [0.1, 0.15) is 0 Å². The monoisotopic (exact) mass is 999 g/mol. The number of carbonyl (C=O) groups excluding carboxylic acids is 4. The van der Waals surface area contributed by atoms with Crippen LogP contribution >= 0.6 is 7.82 Å². The summed E-state index contributed by atoms with van der Waals surface area (Å²) in [6.45, 7) is 17.9. The van der Waals surface area contributed by atoms with Gasteiger partial charge in [-0.3, -0.25) is 23.2 Å². The van der Waals surface area contributed by atoms with Crippen LogP contribution in [0.25, 0.3) is 0 Å². The van der Waals surface area contributed by atoms with E-state index in [1.807, 2.05) is 13.8 Å². The van der Waals surface area contributed by atoms with Crippen molar-refractivity contribution in [1.29, 1.82) is 0 Å². The predicted octanol–water partition coefficient (Wildman–Crippen LogP) is 16.8. The summed E-state index contributed by atoms with van der Waals surface area (Å²) in [6.07, 6.45) is 33.8. The summed E-state index contributed by atoms with van der Waals surface area (Å²) < 4.78 is 48.9. The van der Waals surface area contributed by atoms with Gasteiger partial charge in [0.15, 0.2) is 0 Å². The van der Waals surface area contributed by atoms with Gasteiger partial charge in [0.05, 0.1) is 57.4 Å². The van der Waals surface area contributed by atoms with Gasteiger partial charge in [-0.25, -0.2) is 14.2 Å². The Labute approximate surface area is 422 Å². The van der Waals surface area contributed by atoms with Gasteiger partial charge in [-0.05, 0) is 69.9 Å². The summed E-state index contributed by atoms with van der Waals surface area (Å²) >= 11 is 0. The summed E-state index contributed by atoms with van der Waals surface area (Å²) in [4.78, 5) is 47.4. The molecular formula is C56H103O12P. The predicted molar refractivity (Wildman–Crippen MR) is 282 cm³/mol. The fourth-order valence-corrected chi connectivity index (χ4v) is 7.85. The van der Waals surface area contributed by atoms with Crippen LogP contribution in [0.3, 0.4) is 0 Å². The number of rotatable bonds is 45. The zero-order valence-electron chi connectivity index (χ0n) is 45.2. The lowest BCUT2D eigenvalue weighted by atomic mass is 10.1. The van der Waals surface area contributed by atoms with Gasteiger partial charge in [0.2, 0.25) is 0 Å². The van der Waals surface area contributed by atoms with E-state index in [1.165, 1.54) is 77.0 Å². The van der Waals surface area contributed by atoms with Crippen LogP contribution in [0.1, 0.15) is 275 Å². The molecule has 0 spiro atoms. The maximum absolute atomic E-state index is 12.2. The third kappa shape index (κ3) is 46.1. The number of phosphoric acid groups is 1. The number of esters is 4. The summed E-state index contributed by atoms with van der Waals surface area (Å²) in [6, 6.07) is 6.59. The maximum Gasteiger partial charge on any atom is 0.474 e. The molecule has 0 saturated carbocycles. The Kier molecular flexibility index (Phi) is 52.5. The summed E-state index contributed by atoms with van der Waals surface area (Å²) in [5.74, 6) is -1.03. The van der Waals surface area contributed by atoms with Gasteiger partial charge in [-0.2, -0.15) is 0 Å². The van der Waals surface area contributed by atoms with Crippen LogP contribution in [0.4, 0.5) is 0 Å². The highest BCUT2D eigenvalue weighted by molar-refractivity contribution is 7.48. The Hall–Kier alpha value is -2.79. The molecule has 0 aliphatic carbocycles. The summed E-state index contributed by atoms with van der Waals surface area (Å²) in [5, 5.41) is 0. The number of phosphoric ester groups is 1. The van der Waals surface area contributed by atoms with Crippen molar-refractivity contribution in [2.24, 2.45) is 0 Å². The van der Waals surface area contributed by atoms with Crippen molar-refractivity contribution in [2.45, 2.75) is 254 Å². The first-order valence-electron chi connectivity index (χ1n) is 27.9. The highest BCUT2D eigenvalue weighted by atomic mass is 31.2. The number of ether oxygens (including phenoxy) is 4. The number of hydrogen-bond donors (Lipinski definition) is 0. The molecular weight excluding hydrogens is 896 g/mol. The van der Waals surface area contributed by atoms with E-state index in [1.54, 1.807) is 24.3 Å². The molecule has 0 unspecified atom stereocenters. The van der Waals surface area contributed by atoms with Crippen molar-refractivity contribution >= 4 is 31.7 Å². The lowest BCUT2D eigenvalue weighted by Gasteiger charge is -2.17. The Morgan fingerprint density at radius 1 is 0.333 bits per heavy atom. The zero-order valence-corrected chi connectivity index (χ0v) is 46.1. The number of carbonyl (C=O) groups is 4. The number of hydrogen-bond acceptors (Lipinski definition) is 12. The van der Waals surface area contributed by atoms with Gasteiger partial charge in [-0.15, -0.1) is 0 Å². The lowest BCUT2D eigenvalue weighted by Crippen LogP contribution is -2.14. The number of unbranched alkanes of at least 4 members (excludes halogenated alkanes) is 22. The van der Waals surface area contributed by atoms with E-state index in [9.17, 15) is 23.7 Å². The summed E-state index contributed by atoms with van der Waals surface area (Å²) in [5.41, 5.74) is 0.537. The molecule has 0 aliphatic rings. The number of benzene rings is 1. The van der Waals surface area contributed by atoms with Crippen LogP contribution < -0.4 is 0 Å². The van der Waals surface area contributed by atoms with Crippen molar-refractivity contribution in [3.63, 3.8) is 0 Å². The average Bonchev–Trinajstić information content (AvgIpc) is 3.34. The Morgan fingerprint density at radius 2 is 0.594 bits per heavy atom. The molecule has 0 saturated heterocycles. The third-order valence-corrected chi connectivity index (χ3v) is 12.6. The van der Waals surface area contributed by atoms with E-state index in [2.05, 4.69) is 34.6 Å². The minimum absolute atomic E-state index is 0.0420. The smallest absolute Gasteiger partial charge is 0.466 e. The molecule has 404 valence electrons. The molecule has 0 bridgehead atoms. The standard InChI is InChI=1S/C28H54O4.C16H22O4.C12H27O4P/c1-3-5-7-9-13-17-21-25-31-27(29)23-19-15-11-12-16-20-24-28(30)32-26-22-18-14-10-8-6-4-2;1-3-5-11-19-15(17)13-9-7-8-10-14(13)16(18)20-12-6-4-2;1-4-7-10-14-17(13,15-11-8-5-2)16-12-9-6-3/h3-26H2,1-2H3;7-10H,3-6,11-12H2,1-2H3;4-12H2,1-3H3. The van der Waals surface area contributed by atoms with Gasteiger partial charge in [0, 0.05) is 12.8 Å². The fraction of sp³-hybridized carbons (Fsp3) is 0.821. The maximum atomic E-state index is 12.2. The van der Waals surface area contributed by atoms with E-state index in [0.29, 0.717) is 59.1 Å².